The van der Waals surface area contributed by atoms with E-state index < -0.39 is 6.03 Å². The Bertz CT molecular complexity index is 528. The standard InChI is InChI=1S/C13H14N4O/c14-13(18)17-12-5-1-4-11(7-12)16-9-10-3-2-6-15-8-10/h1-8,16H,9H2,(H3,14,17,18). The summed E-state index contributed by atoms with van der Waals surface area (Å²) in [6.07, 6.45) is 3.54. The summed E-state index contributed by atoms with van der Waals surface area (Å²) in [5.74, 6) is 0. The molecule has 4 N–H and O–H groups in total. The molecule has 92 valence electrons. The monoisotopic (exact) mass is 242 g/mol. The lowest BCUT2D eigenvalue weighted by Crippen LogP contribution is -2.19. The van der Waals surface area contributed by atoms with Crippen molar-refractivity contribution >= 4 is 17.4 Å². The number of primary amides is 1. The third kappa shape index (κ3) is 3.48. The lowest BCUT2D eigenvalue weighted by molar-refractivity contribution is 0.259. The molecule has 0 aliphatic carbocycles. The van der Waals surface area contributed by atoms with Crippen LogP contribution in [0.15, 0.2) is 48.8 Å². The first-order chi connectivity index (χ1) is 8.74. The molecule has 18 heavy (non-hydrogen) atoms. The predicted octanol–water partition coefficient (Wildman–Crippen LogP) is 2.18. The molecule has 0 bridgehead atoms. The van der Waals surface area contributed by atoms with Crippen molar-refractivity contribution < 1.29 is 4.79 Å². The highest BCUT2D eigenvalue weighted by atomic mass is 16.2. The Labute approximate surface area is 105 Å². The number of urea groups is 1. The largest absolute Gasteiger partial charge is 0.381 e. The van der Waals surface area contributed by atoms with Crippen molar-refractivity contribution in [3.8, 4) is 0 Å². The van der Waals surface area contributed by atoms with Crippen molar-refractivity contribution in [2.45, 2.75) is 6.54 Å². The van der Waals surface area contributed by atoms with E-state index in [2.05, 4.69) is 15.6 Å². The van der Waals surface area contributed by atoms with E-state index in [-0.39, 0.29) is 0 Å². The fraction of sp³-hybridized carbons (Fsp3) is 0.0769. The molecular formula is C13H14N4O. The maximum atomic E-state index is 10.7. The van der Waals surface area contributed by atoms with Crippen LogP contribution in [0.2, 0.25) is 0 Å². The minimum atomic E-state index is -0.570. The third-order valence-corrected chi connectivity index (χ3v) is 2.35. The second-order valence-corrected chi connectivity index (χ2v) is 3.78. The van der Waals surface area contributed by atoms with Crippen molar-refractivity contribution in [3.05, 3.63) is 54.4 Å². The normalized spacial score (nSPS) is 9.78. The van der Waals surface area contributed by atoms with Gasteiger partial charge in [-0.15, -0.1) is 0 Å². The van der Waals surface area contributed by atoms with Gasteiger partial charge >= 0.3 is 6.03 Å². The molecule has 2 aromatic rings. The average Bonchev–Trinajstić information content (AvgIpc) is 2.37. The molecule has 0 aliphatic heterocycles. The van der Waals surface area contributed by atoms with Gasteiger partial charge in [0.2, 0.25) is 0 Å². The van der Waals surface area contributed by atoms with Crippen LogP contribution >= 0.6 is 0 Å². The van der Waals surface area contributed by atoms with Gasteiger partial charge in [0.15, 0.2) is 0 Å². The number of nitrogens with one attached hydrogen (secondary N) is 2. The SMILES string of the molecule is NC(=O)Nc1cccc(NCc2cccnc2)c1. The van der Waals surface area contributed by atoms with Gasteiger partial charge in [0.25, 0.3) is 0 Å². The van der Waals surface area contributed by atoms with Gasteiger partial charge in [-0.3, -0.25) is 4.98 Å². The molecule has 1 aromatic heterocycles. The highest BCUT2D eigenvalue weighted by Crippen LogP contribution is 2.15. The number of nitrogens with two attached hydrogens (primary N) is 1. The van der Waals surface area contributed by atoms with Gasteiger partial charge in [-0.05, 0) is 29.8 Å². The number of benzene rings is 1. The summed E-state index contributed by atoms with van der Waals surface area (Å²) in [6, 6.07) is 10.7. The summed E-state index contributed by atoms with van der Waals surface area (Å²) in [7, 11) is 0. The van der Waals surface area contributed by atoms with E-state index in [9.17, 15) is 4.79 Å². The molecule has 5 nitrogen and oxygen atoms in total. The zero-order chi connectivity index (χ0) is 12.8. The molecule has 0 aliphatic rings. The lowest BCUT2D eigenvalue weighted by Gasteiger charge is -2.08. The van der Waals surface area contributed by atoms with E-state index >= 15 is 0 Å². The highest BCUT2D eigenvalue weighted by molar-refractivity contribution is 5.88. The summed E-state index contributed by atoms with van der Waals surface area (Å²) in [5.41, 5.74) is 7.72. The van der Waals surface area contributed by atoms with E-state index in [1.54, 1.807) is 18.5 Å². The van der Waals surface area contributed by atoms with Crippen LogP contribution in [0.4, 0.5) is 16.2 Å². The molecule has 1 aromatic carbocycles. The molecule has 5 heteroatoms. The lowest BCUT2D eigenvalue weighted by atomic mass is 10.2. The van der Waals surface area contributed by atoms with E-state index in [0.717, 1.165) is 11.3 Å². The van der Waals surface area contributed by atoms with Gasteiger partial charge in [0.1, 0.15) is 0 Å². The van der Waals surface area contributed by atoms with Crippen LogP contribution in [0.5, 0.6) is 0 Å². The predicted molar refractivity (Wildman–Crippen MR) is 71.2 cm³/mol. The van der Waals surface area contributed by atoms with Gasteiger partial charge in [-0.1, -0.05) is 12.1 Å². The number of hydrogen-bond donors (Lipinski definition) is 3. The van der Waals surface area contributed by atoms with Gasteiger partial charge in [-0.25, -0.2) is 4.79 Å². The van der Waals surface area contributed by atoms with E-state index in [4.69, 9.17) is 5.73 Å². The molecule has 0 spiro atoms. The number of aromatic nitrogens is 1. The first-order valence-corrected chi connectivity index (χ1v) is 5.53. The molecule has 0 saturated carbocycles. The minimum Gasteiger partial charge on any atom is -0.381 e. The van der Waals surface area contributed by atoms with Crippen LogP contribution in [-0.2, 0) is 6.54 Å². The quantitative estimate of drug-likeness (QED) is 0.768. The number of pyridine rings is 1. The first kappa shape index (κ1) is 11.9. The van der Waals surface area contributed by atoms with Crippen molar-refractivity contribution in [3.63, 3.8) is 0 Å². The van der Waals surface area contributed by atoms with Crippen LogP contribution in [0.25, 0.3) is 0 Å². The zero-order valence-corrected chi connectivity index (χ0v) is 9.76. The molecule has 0 fully saturated rings. The maximum Gasteiger partial charge on any atom is 0.316 e. The van der Waals surface area contributed by atoms with E-state index in [1.807, 2.05) is 30.3 Å². The number of hydrogen-bond acceptors (Lipinski definition) is 3. The van der Waals surface area contributed by atoms with Crippen LogP contribution in [0.3, 0.4) is 0 Å². The second-order valence-electron chi connectivity index (χ2n) is 3.78. The van der Waals surface area contributed by atoms with Crippen LogP contribution in [0.1, 0.15) is 5.56 Å². The topological polar surface area (TPSA) is 80.0 Å². The van der Waals surface area contributed by atoms with Crippen molar-refractivity contribution in [1.29, 1.82) is 0 Å². The first-order valence-electron chi connectivity index (χ1n) is 5.53. The van der Waals surface area contributed by atoms with E-state index in [0.29, 0.717) is 12.2 Å². The smallest absolute Gasteiger partial charge is 0.316 e. The van der Waals surface area contributed by atoms with Crippen LogP contribution < -0.4 is 16.4 Å². The Morgan fingerprint density at radius 3 is 2.78 bits per heavy atom. The Morgan fingerprint density at radius 1 is 1.22 bits per heavy atom. The molecule has 2 amide bonds. The van der Waals surface area contributed by atoms with Crippen molar-refractivity contribution in [1.82, 2.24) is 4.98 Å². The molecule has 0 saturated heterocycles. The van der Waals surface area contributed by atoms with Gasteiger partial charge in [-0.2, -0.15) is 0 Å². The minimum absolute atomic E-state index is 0.570. The summed E-state index contributed by atoms with van der Waals surface area (Å²) >= 11 is 0. The molecular weight excluding hydrogens is 228 g/mol. The average molecular weight is 242 g/mol. The number of anilines is 2. The Morgan fingerprint density at radius 2 is 2.06 bits per heavy atom. The molecule has 0 unspecified atom stereocenters. The molecule has 2 rings (SSSR count). The van der Waals surface area contributed by atoms with Crippen LogP contribution in [0, 0.1) is 0 Å². The van der Waals surface area contributed by atoms with Gasteiger partial charge < -0.3 is 16.4 Å². The third-order valence-electron chi connectivity index (χ3n) is 2.35. The van der Waals surface area contributed by atoms with Crippen LogP contribution in [-0.4, -0.2) is 11.0 Å². The fourth-order valence-corrected chi connectivity index (χ4v) is 1.56. The second kappa shape index (κ2) is 5.67. The van der Waals surface area contributed by atoms with Crippen molar-refractivity contribution in [2.24, 2.45) is 5.73 Å². The number of nitrogens with zero attached hydrogens (tertiary/aromatic N) is 1. The molecule has 0 atom stereocenters. The van der Waals surface area contributed by atoms with Gasteiger partial charge in [0.05, 0.1) is 0 Å². The summed E-state index contributed by atoms with van der Waals surface area (Å²) in [5, 5.41) is 5.77. The summed E-state index contributed by atoms with van der Waals surface area (Å²) in [4.78, 5) is 14.8. The van der Waals surface area contributed by atoms with Gasteiger partial charge in [0, 0.05) is 30.3 Å². The maximum absolute atomic E-state index is 10.7. The Hall–Kier alpha value is -2.56. The highest BCUT2D eigenvalue weighted by Gasteiger charge is 1.98. The Balaban J connectivity index is 1.99. The molecule has 1 heterocycles. The summed E-state index contributed by atoms with van der Waals surface area (Å²) < 4.78 is 0. The number of rotatable bonds is 4. The number of carbonyl (C=O) groups is 1. The van der Waals surface area contributed by atoms with E-state index in [1.165, 1.54) is 0 Å². The zero-order valence-electron chi connectivity index (χ0n) is 9.76. The fourth-order valence-electron chi connectivity index (χ4n) is 1.56. The number of amides is 2. The number of carbonyl (C=O) groups excluding carboxylic acids is 1. The Kier molecular flexibility index (Phi) is 3.76. The summed E-state index contributed by atoms with van der Waals surface area (Å²) in [6.45, 7) is 0.674. The molecule has 0 radical (unpaired) electrons. The van der Waals surface area contributed by atoms with Crippen molar-refractivity contribution in [2.75, 3.05) is 10.6 Å².